The fourth-order valence-electron chi connectivity index (χ4n) is 2.33. The zero-order valence-electron chi connectivity index (χ0n) is 14.3. The van der Waals surface area contributed by atoms with Gasteiger partial charge in [-0.25, -0.2) is 4.79 Å². The molecule has 0 spiro atoms. The second kappa shape index (κ2) is 9.25. The molecule has 0 heterocycles. The van der Waals surface area contributed by atoms with Crippen LogP contribution >= 0.6 is 0 Å². The average Bonchev–Trinajstić information content (AvgIpc) is 2.58. The third kappa shape index (κ3) is 5.92. The number of ether oxygens (including phenoxy) is 1. The van der Waals surface area contributed by atoms with Crippen molar-refractivity contribution in [3.63, 3.8) is 0 Å². The van der Waals surface area contributed by atoms with Crippen LogP contribution in [0.3, 0.4) is 0 Å². The molecule has 0 saturated carbocycles. The summed E-state index contributed by atoms with van der Waals surface area (Å²) in [5, 5.41) is 0. The Labute approximate surface area is 145 Å². The summed E-state index contributed by atoms with van der Waals surface area (Å²) in [5.74, 6) is -3.44. The number of nitrogens with zero attached hydrogens (tertiary/aromatic N) is 1. The summed E-state index contributed by atoms with van der Waals surface area (Å²) in [4.78, 5) is 24.7. The second-order valence-electron chi connectivity index (χ2n) is 5.67. The lowest BCUT2D eigenvalue weighted by atomic mass is 9.97. The molecule has 0 saturated heterocycles. The van der Waals surface area contributed by atoms with Crippen LogP contribution in [-0.4, -0.2) is 35.5 Å². The first-order chi connectivity index (χ1) is 11.7. The quantitative estimate of drug-likeness (QED) is 0.526. The highest BCUT2D eigenvalue weighted by Crippen LogP contribution is 2.24. The minimum Gasteiger partial charge on any atom is -0.459 e. The third-order valence-electron chi connectivity index (χ3n) is 3.81. The van der Waals surface area contributed by atoms with E-state index in [0.29, 0.717) is 16.9 Å². The van der Waals surface area contributed by atoms with Crippen LogP contribution in [-0.2, 0) is 20.9 Å². The van der Waals surface area contributed by atoms with Gasteiger partial charge in [-0.3, -0.25) is 4.79 Å². The van der Waals surface area contributed by atoms with Crippen LogP contribution in [0.25, 0.3) is 0 Å². The average molecular weight is 357 g/mol. The van der Waals surface area contributed by atoms with E-state index in [1.807, 2.05) is 0 Å². The van der Waals surface area contributed by atoms with Gasteiger partial charge in [0.05, 0.1) is 0 Å². The molecule has 138 valence electrons. The highest BCUT2D eigenvalue weighted by atomic mass is 19.4. The predicted molar refractivity (Wildman–Crippen MR) is 87.4 cm³/mol. The Kier molecular flexibility index (Phi) is 7.67. The molecule has 0 aliphatic heterocycles. The number of benzene rings is 1. The second-order valence-corrected chi connectivity index (χ2v) is 5.67. The SMILES string of the molecule is C=CCN(C(=O)C(F)(F)F)C(C(=O)OCc1ccccc1)C(C)CC. The first-order valence-electron chi connectivity index (χ1n) is 7.91. The van der Waals surface area contributed by atoms with E-state index in [-0.39, 0.29) is 6.61 Å². The number of halogens is 3. The molecule has 25 heavy (non-hydrogen) atoms. The van der Waals surface area contributed by atoms with E-state index in [4.69, 9.17) is 4.74 Å². The molecule has 0 radical (unpaired) electrons. The first kappa shape index (κ1) is 20.7. The van der Waals surface area contributed by atoms with Crippen molar-refractivity contribution in [1.29, 1.82) is 0 Å². The minimum atomic E-state index is -5.07. The number of hydrogen-bond acceptors (Lipinski definition) is 3. The van der Waals surface area contributed by atoms with Crippen LogP contribution in [0.2, 0.25) is 0 Å². The fraction of sp³-hybridized carbons (Fsp3) is 0.444. The molecule has 2 unspecified atom stereocenters. The fourth-order valence-corrected chi connectivity index (χ4v) is 2.33. The Bertz CT molecular complexity index is 587. The van der Waals surface area contributed by atoms with Crippen LogP contribution in [0.15, 0.2) is 43.0 Å². The highest BCUT2D eigenvalue weighted by molar-refractivity contribution is 5.88. The number of rotatable bonds is 8. The molecule has 1 aromatic carbocycles. The monoisotopic (exact) mass is 357 g/mol. The maximum atomic E-state index is 12.9. The van der Waals surface area contributed by atoms with Gasteiger partial charge in [0.1, 0.15) is 12.6 Å². The Morgan fingerprint density at radius 1 is 1.28 bits per heavy atom. The molecular weight excluding hydrogens is 335 g/mol. The minimum absolute atomic E-state index is 0.0747. The molecule has 0 aliphatic rings. The van der Waals surface area contributed by atoms with Crippen LogP contribution in [0.4, 0.5) is 13.2 Å². The van der Waals surface area contributed by atoms with E-state index in [9.17, 15) is 22.8 Å². The van der Waals surface area contributed by atoms with E-state index in [0.717, 1.165) is 6.08 Å². The number of hydrogen-bond donors (Lipinski definition) is 0. The zero-order chi connectivity index (χ0) is 19.0. The molecule has 1 aromatic rings. The van der Waals surface area contributed by atoms with Crippen molar-refractivity contribution < 1.29 is 27.5 Å². The summed E-state index contributed by atoms with van der Waals surface area (Å²) in [6.07, 6.45) is -3.51. The molecule has 0 aromatic heterocycles. The van der Waals surface area contributed by atoms with E-state index in [2.05, 4.69) is 6.58 Å². The maximum absolute atomic E-state index is 12.9. The van der Waals surface area contributed by atoms with Gasteiger partial charge in [0.25, 0.3) is 0 Å². The number of carbonyl (C=O) groups excluding carboxylic acids is 2. The summed E-state index contributed by atoms with van der Waals surface area (Å²) in [6, 6.07) is 7.43. The predicted octanol–water partition coefficient (Wildman–Crippen LogP) is 3.72. The molecule has 0 aliphatic carbocycles. The van der Waals surface area contributed by atoms with Crippen molar-refractivity contribution in [1.82, 2.24) is 4.90 Å². The Hall–Kier alpha value is -2.31. The van der Waals surface area contributed by atoms with Crippen molar-refractivity contribution in [3.05, 3.63) is 48.6 Å². The molecule has 0 fully saturated rings. The first-order valence-corrected chi connectivity index (χ1v) is 7.91. The smallest absolute Gasteiger partial charge is 0.459 e. The van der Waals surface area contributed by atoms with Gasteiger partial charge >= 0.3 is 18.1 Å². The number of carbonyl (C=O) groups is 2. The highest BCUT2D eigenvalue weighted by Gasteiger charge is 2.47. The lowest BCUT2D eigenvalue weighted by Crippen LogP contribution is -2.53. The lowest BCUT2D eigenvalue weighted by molar-refractivity contribution is -0.191. The van der Waals surface area contributed by atoms with Gasteiger partial charge < -0.3 is 9.64 Å². The van der Waals surface area contributed by atoms with E-state index < -0.39 is 36.6 Å². The van der Waals surface area contributed by atoms with Crippen molar-refractivity contribution in [2.75, 3.05) is 6.54 Å². The Morgan fingerprint density at radius 3 is 2.36 bits per heavy atom. The largest absolute Gasteiger partial charge is 0.471 e. The Morgan fingerprint density at radius 2 is 1.88 bits per heavy atom. The van der Waals surface area contributed by atoms with Crippen LogP contribution in [0.5, 0.6) is 0 Å². The summed E-state index contributed by atoms with van der Waals surface area (Å²) < 4.78 is 43.8. The third-order valence-corrected chi connectivity index (χ3v) is 3.81. The summed E-state index contributed by atoms with van der Waals surface area (Å²) in [7, 11) is 0. The van der Waals surface area contributed by atoms with Gasteiger partial charge in [-0.05, 0) is 11.5 Å². The molecule has 4 nitrogen and oxygen atoms in total. The normalized spacial score (nSPS) is 13.6. The Balaban J connectivity index is 3.01. The van der Waals surface area contributed by atoms with Gasteiger partial charge in [-0.15, -0.1) is 6.58 Å². The van der Waals surface area contributed by atoms with Gasteiger partial charge in [-0.1, -0.05) is 56.7 Å². The molecule has 0 bridgehead atoms. The molecule has 0 N–H and O–H groups in total. The summed E-state index contributed by atoms with van der Waals surface area (Å²) in [5.41, 5.74) is 0.705. The molecule has 7 heteroatoms. The van der Waals surface area contributed by atoms with Gasteiger partial charge in [0, 0.05) is 6.54 Å². The molecule has 1 amide bonds. The molecule has 1 rings (SSSR count). The number of esters is 1. The lowest BCUT2D eigenvalue weighted by Gasteiger charge is -2.33. The summed E-state index contributed by atoms with van der Waals surface area (Å²) in [6.45, 7) is 6.24. The van der Waals surface area contributed by atoms with Gasteiger partial charge in [0.15, 0.2) is 0 Å². The number of alkyl halides is 3. The van der Waals surface area contributed by atoms with Crippen LogP contribution in [0.1, 0.15) is 25.8 Å². The standard InChI is InChI=1S/C18H22F3NO3/c1-4-11-22(17(24)18(19,20)21)15(13(3)5-2)16(23)25-12-14-9-7-6-8-10-14/h4,6-10,13,15H,1,5,11-12H2,2-3H3. The maximum Gasteiger partial charge on any atom is 0.471 e. The molecular formula is C18H22F3NO3. The van der Waals surface area contributed by atoms with Gasteiger partial charge in [0.2, 0.25) is 0 Å². The van der Waals surface area contributed by atoms with E-state index in [1.165, 1.54) is 0 Å². The number of amides is 1. The van der Waals surface area contributed by atoms with Crippen molar-refractivity contribution in [3.8, 4) is 0 Å². The van der Waals surface area contributed by atoms with Crippen LogP contribution in [0, 0.1) is 5.92 Å². The zero-order valence-corrected chi connectivity index (χ0v) is 14.3. The van der Waals surface area contributed by atoms with Crippen molar-refractivity contribution in [2.24, 2.45) is 5.92 Å². The van der Waals surface area contributed by atoms with Crippen molar-refractivity contribution >= 4 is 11.9 Å². The molecule has 2 atom stereocenters. The summed E-state index contributed by atoms with van der Waals surface area (Å²) >= 11 is 0. The van der Waals surface area contributed by atoms with Gasteiger partial charge in [-0.2, -0.15) is 13.2 Å². The van der Waals surface area contributed by atoms with Crippen molar-refractivity contribution in [2.45, 2.75) is 39.1 Å². The topological polar surface area (TPSA) is 46.6 Å². The van der Waals surface area contributed by atoms with Crippen LogP contribution < -0.4 is 0 Å². The van der Waals surface area contributed by atoms with E-state index in [1.54, 1.807) is 44.2 Å². The van der Waals surface area contributed by atoms with E-state index >= 15 is 0 Å².